The van der Waals surface area contributed by atoms with Gasteiger partial charge in [0.25, 0.3) is 0 Å². The van der Waals surface area contributed by atoms with E-state index in [1.165, 1.54) is 18.4 Å². The molecule has 0 amide bonds. The van der Waals surface area contributed by atoms with E-state index in [-0.39, 0.29) is 6.10 Å². The zero-order valence-electron chi connectivity index (χ0n) is 10.9. The van der Waals surface area contributed by atoms with Gasteiger partial charge in [0.2, 0.25) is 0 Å². The van der Waals surface area contributed by atoms with E-state index >= 15 is 0 Å². The Morgan fingerprint density at radius 3 is 2.68 bits per heavy atom. The first-order valence-electron chi connectivity index (χ1n) is 7.16. The van der Waals surface area contributed by atoms with E-state index < -0.39 is 0 Å². The number of fused-ring (bicyclic) bond motifs is 1. The van der Waals surface area contributed by atoms with Crippen molar-refractivity contribution in [2.75, 3.05) is 26.3 Å². The van der Waals surface area contributed by atoms with Crippen LogP contribution in [0, 0.1) is 5.92 Å². The molecule has 1 saturated heterocycles. The van der Waals surface area contributed by atoms with Gasteiger partial charge >= 0.3 is 0 Å². The molecule has 0 bridgehead atoms. The lowest BCUT2D eigenvalue weighted by Crippen LogP contribution is -2.41. The Labute approximate surface area is 113 Å². The average Bonchev–Trinajstić information content (AvgIpc) is 3.32. The lowest BCUT2D eigenvalue weighted by Gasteiger charge is -2.32. The molecule has 2 heterocycles. The largest absolute Gasteiger partial charge is 0.486 e. The molecule has 2 atom stereocenters. The maximum absolute atomic E-state index is 6.23. The highest BCUT2D eigenvalue weighted by Crippen LogP contribution is 2.39. The number of hydrogen-bond acceptors (Lipinski definition) is 4. The average molecular weight is 261 g/mol. The van der Waals surface area contributed by atoms with E-state index in [4.69, 9.17) is 14.2 Å². The van der Waals surface area contributed by atoms with Gasteiger partial charge < -0.3 is 19.5 Å². The van der Waals surface area contributed by atoms with Gasteiger partial charge in [-0.2, -0.15) is 0 Å². The van der Waals surface area contributed by atoms with Gasteiger partial charge in [-0.1, -0.05) is 6.07 Å². The van der Waals surface area contributed by atoms with Crippen LogP contribution >= 0.6 is 0 Å². The first kappa shape index (κ1) is 11.6. The van der Waals surface area contributed by atoms with E-state index in [9.17, 15) is 0 Å². The van der Waals surface area contributed by atoms with Crippen molar-refractivity contribution in [2.45, 2.75) is 25.0 Å². The molecule has 1 aromatic rings. The second-order valence-electron chi connectivity index (χ2n) is 5.56. The highest BCUT2D eigenvalue weighted by Gasteiger charge is 2.36. The lowest BCUT2D eigenvalue weighted by atomic mass is 10.1. The third-order valence-electron chi connectivity index (χ3n) is 4.10. The van der Waals surface area contributed by atoms with Crippen LogP contribution in [0.25, 0.3) is 0 Å². The van der Waals surface area contributed by atoms with Crippen LogP contribution in [0.3, 0.4) is 0 Å². The highest BCUT2D eigenvalue weighted by atomic mass is 16.6. The van der Waals surface area contributed by atoms with Gasteiger partial charge in [-0.3, -0.25) is 0 Å². The Bertz CT molecular complexity index is 472. The van der Waals surface area contributed by atoms with Crippen LogP contribution < -0.4 is 14.8 Å². The molecule has 19 heavy (non-hydrogen) atoms. The lowest BCUT2D eigenvalue weighted by molar-refractivity contribution is -0.0495. The SMILES string of the molecule is c1cc2c(cc1C1CNCC(C3CC3)O1)OCCO2. The van der Waals surface area contributed by atoms with Crippen molar-refractivity contribution in [1.82, 2.24) is 5.32 Å². The first-order chi connectivity index (χ1) is 9.40. The zero-order chi connectivity index (χ0) is 12.7. The molecular weight excluding hydrogens is 242 g/mol. The Morgan fingerprint density at radius 2 is 1.84 bits per heavy atom. The Balaban J connectivity index is 1.54. The van der Waals surface area contributed by atoms with Crippen LogP contribution in [0.15, 0.2) is 18.2 Å². The second kappa shape index (κ2) is 4.69. The molecule has 2 fully saturated rings. The minimum absolute atomic E-state index is 0.134. The predicted molar refractivity (Wildman–Crippen MR) is 70.6 cm³/mol. The Hall–Kier alpha value is -1.26. The molecule has 0 aromatic heterocycles. The van der Waals surface area contributed by atoms with E-state index in [1.807, 2.05) is 6.07 Å². The molecule has 1 saturated carbocycles. The van der Waals surface area contributed by atoms with E-state index in [0.717, 1.165) is 30.5 Å². The van der Waals surface area contributed by atoms with Crippen LogP contribution in [-0.4, -0.2) is 32.4 Å². The van der Waals surface area contributed by atoms with Crippen molar-refractivity contribution >= 4 is 0 Å². The van der Waals surface area contributed by atoms with Gasteiger partial charge in [0, 0.05) is 13.1 Å². The summed E-state index contributed by atoms with van der Waals surface area (Å²) in [6.45, 7) is 3.14. The fraction of sp³-hybridized carbons (Fsp3) is 0.600. The molecule has 2 aliphatic heterocycles. The summed E-state index contributed by atoms with van der Waals surface area (Å²) in [5.41, 5.74) is 1.18. The normalized spacial score (nSPS) is 30.1. The molecule has 2 unspecified atom stereocenters. The van der Waals surface area contributed by atoms with Crippen molar-refractivity contribution in [3.05, 3.63) is 23.8 Å². The summed E-state index contributed by atoms with van der Waals surface area (Å²) in [5.74, 6) is 2.46. The fourth-order valence-electron chi connectivity index (χ4n) is 2.87. The first-order valence-corrected chi connectivity index (χ1v) is 7.16. The van der Waals surface area contributed by atoms with E-state index in [2.05, 4.69) is 17.4 Å². The molecule has 0 spiro atoms. The van der Waals surface area contributed by atoms with Crippen LogP contribution in [0.2, 0.25) is 0 Å². The van der Waals surface area contributed by atoms with Crippen molar-refractivity contribution in [3.63, 3.8) is 0 Å². The Kier molecular flexibility index (Phi) is 2.85. The van der Waals surface area contributed by atoms with Gasteiger partial charge in [-0.15, -0.1) is 0 Å². The summed E-state index contributed by atoms with van der Waals surface area (Å²) in [6.07, 6.45) is 3.16. The van der Waals surface area contributed by atoms with Crippen LogP contribution in [-0.2, 0) is 4.74 Å². The van der Waals surface area contributed by atoms with Crippen molar-refractivity contribution in [1.29, 1.82) is 0 Å². The monoisotopic (exact) mass is 261 g/mol. The number of nitrogens with one attached hydrogen (secondary N) is 1. The number of rotatable bonds is 2. The number of morpholine rings is 1. The topological polar surface area (TPSA) is 39.7 Å². The standard InChI is InChI=1S/C15H19NO3/c1-2-10(1)14-8-16-9-15(19-14)11-3-4-12-13(7-11)18-6-5-17-12/h3-4,7,10,14-16H,1-2,5-6,8-9H2. The molecule has 102 valence electrons. The number of benzene rings is 1. The minimum atomic E-state index is 0.134. The van der Waals surface area contributed by atoms with Crippen LogP contribution in [0.4, 0.5) is 0 Å². The third-order valence-corrected chi connectivity index (χ3v) is 4.10. The highest BCUT2D eigenvalue weighted by molar-refractivity contribution is 5.44. The fourth-order valence-corrected chi connectivity index (χ4v) is 2.87. The Morgan fingerprint density at radius 1 is 1.00 bits per heavy atom. The molecule has 1 aliphatic carbocycles. The van der Waals surface area contributed by atoms with Gasteiger partial charge in [-0.25, -0.2) is 0 Å². The van der Waals surface area contributed by atoms with E-state index in [1.54, 1.807) is 0 Å². The van der Waals surface area contributed by atoms with Crippen molar-refractivity contribution in [3.8, 4) is 11.5 Å². The predicted octanol–water partition coefficient (Wildman–Crippen LogP) is 1.90. The van der Waals surface area contributed by atoms with Crippen molar-refractivity contribution < 1.29 is 14.2 Å². The zero-order valence-corrected chi connectivity index (χ0v) is 10.9. The van der Waals surface area contributed by atoms with Crippen LogP contribution in [0.5, 0.6) is 11.5 Å². The summed E-state index contributed by atoms with van der Waals surface area (Å²) in [6, 6.07) is 6.15. The van der Waals surface area contributed by atoms with Crippen LogP contribution in [0.1, 0.15) is 24.5 Å². The molecule has 3 aliphatic rings. The molecule has 0 radical (unpaired) electrons. The van der Waals surface area contributed by atoms with E-state index in [0.29, 0.717) is 19.3 Å². The maximum Gasteiger partial charge on any atom is 0.161 e. The molecule has 4 rings (SSSR count). The minimum Gasteiger partial charge on any atom is -0.486 e. The summed E-state index contributed by atoms with van der Waals surface area (Å²) in [5, 5.41) is 3.49. The molecule has 4 heteroatoms. The van der Waals surface area contributed by atoms with Crippen molar-refractivity contribution in [2.24, 2.45) is 5.92 Å². The number of hydrogen-bond donors (Lipinski definition) is 1. The summed E-state index contributed by atoms with van der Waals surface area (Å²) >= 11 is 0. The molecular formula is C15H19NO3. The second-order valence-corrected chi connectivity index (χ2v) is 5.56. The molecule has 4 nitrogen and oxygen atoms in total. The maximum atomic E-state index is 6.23. The summed E-state index contributed by atoms with van der Waals surface area (Å²) < 4.78 is 17.4. The van der Waals surface area contributed by atoms with Gasteiger partial charge in [0.05, 0.1) is 12.2 Å². The number of ether oxygens (including phenoxy) is 3. The molecule has 1 N–H and O–H groups in total. The van der Waals surface area contributed by atoms with Gasteiger partial charge in [-0.05, 0) is 36.5 Å². The molecule has 1 aromatic carbocycles. The smallest absolute Gasteiger partial charge is 0.161 e. The summed E-state index contributed by atoms with van der Waals surface area (Å²) in [7, 11) is 0. The quantitative estimate of drug-likeness (QED) is 0.882. The third kappa shape index (κ3) is 2.30. The van der Waals surface area contributed by atoms with Gasteiger partial charge in [0.1, 0.15) is 13.2 Å². The summed E-state index contributed by atoms with van der Waals surface area (Å²) in [4.78, 5) is 0. The van der Waals surface area contributed by atoms with Gasteiger partial charge in [0.15, 0.2) is 11.5 Å².